The fourth-order valence-corrected chi connectivity index (χ4v) is 1.47. The van der Waals surface area contributed by atoms with E-state index in [-0.39, 0.29) is 0 Å². The maximum atomic E-state index is 5.76. The number of anilines is 3. The third-order valence-electron chi connectivity index (χ3n) is 2.45. The van der Waals surface area contributed by atoms with Crippen LogP contribution in [0.5, 0.6) is 0 Å². The largest absolute Gasteiger partial charge is 0.448 e. The van der Waals surface area contributed by atoms with Gasteiger partial charge in [-0.1, -0.05) is 6.07 Å². The Hall–Kier alpha value is -2.10. The fraction of sp³-hybridized carbons (Fsp3) is 0.167. The van der Waals surface area contributed by atoms with Crippen molar-refractivity contribution >= 4 is 17.3 Å². The van der Waals surface area contributed by atoms with Gasteiger partial charge in [0.05, 0.1) is 11.4 Å². The number of hydrogen-bond donors (Lipinski definition) is 2. The van der Waals surface area contributed by atoms with Crippen LogP contribution in [0.2, 0.25) is 0 Å². The lowest BCUT2D eigenvalue weighted by Crippen LogP contribution is -2.06. The minimum absolute atomic E-state index is 0.588. The minimum Gasteiger partial charge on any atom is -0.448 e. The molecule has 2 aromatic rings. The molecular weight excluding hydrogens is 202 g/mol. The van der Waals surface area contributed by atoms with Crippen LogP contribution in [0.25, 0.3) is 11.1 Å². The Bertz CT molecular complexity index is 503. The first-order chi connectivity index (χ1) is 7.58. The molecule has 0 aliphatic carbocycles. The lowest BCUT2D eigenvalue weighted by molar-refractivity contribution is 0.566. The lowest BCUT2D eigenvalue weighted by atomic mass is 10.1. The van der Waals surface area contributed by atoms with E-state index in [1.807, 2.05) is 37.2 Å². The molecule has 2 rings (SSSR count). The number of hydrogen-bond acceptors (Lipinski definition) is 4. The van der Waals surface area contributed by atoms with Crippen molar-refractivity contribution in [2.45, 2.75) is 0 Å². The van der Waals surface area contributed by atoms with Gasteiger partial charge in [0.2, 0.25) is 0 Å². The Balaban J connectivity index is 2.39. The van der Waals surface area contributed by atoms with Crippen molar-refractivity contribution in [2.24, 2.45) is 0 Å². The molecule has 1 aromatic heterocycles. The van der Waals surface area contributed by atoms with Gasteiger partial charge in [-0.05, 0) is 17.7 Å². The lowest BCUT2D eigenvalue weighted by Gasteiger charge is -2.05. The normalized spacial score (nSPS) is 10.4. The van der Waals surface area contributed by atoms with E-state index in [1.54, 1.807) is 12.3 Å². The van der Waals surface area contributed by atoms with Crippen LogP contribution in [0.15, 0.2) is 34.9 Å². The van der Waals surface area contributed by atoms with E-state index in [9.17, 15) is 0 Å². The summed E-state index contributed by atoms with van der Waals surface area (Å²) >= 11 is 0. The molecule has 0 radical (unpaired) electrons. The highest BCUT2D eigenvalue weighted by Gasteiger charge is 2.06. The zero-order valence-corrected chi connectivity index (χ0v) is 9.40. The summed E-state index contributed by atoms with van der Waals surface area (Å²) in [5, 5.41) is 0. The molecule has 0 atom stereocenters. The van der Waals surface area contributed by atoms with Gasteiger partial charge in [0.15, 0.2) is 5.88 Å². The second-order valence-corrected chi connectivity index (χ2v) is 3.91. The number of nitrogens with two attached hydrogens (primary N) is 2. The predicted molar refractivity (Wildman–Crippen MR) is 67.3 cm³/mol. The molecule has 4 N–H and O–H groups in total. The molecular formula is C12H15N3O. The molecule has 0 saturated heterocycles. The van der Waals surface area contributed by atoms with Crippen molar-refractivity contribution in [2.75, 3.05) is 30.5 Å². The maximum absolute atomic E-state index is 5.76. The highest BCUT2D eigenvalue weighted by Crippen LogP contribution is 2.29. The summed E-state index contributed by atoms with van der Waals surface area (Å²) in [5.41, 5.74) is 14.6. The van der Waals surface area contributed by atoms with Crippen LogP contribution in [-0.2, 0) is 0 Å². The molecule has 0 saturated carbocycles. The topological polar surface area (TPSA) is 68.4 Å². The van der Waals surface area contributed by atoms with Crippen molar-refractivity contribution in [3.8, 4) is 11.1 Å². The molecule has 1 heterocycles. The van der Waals surface area contributed by atoms with Crippen molar-refractivity contribution in [1.82, 2.24) is 0 Å². The SMILES string of the molecule is CN(C)c1cc(-c2ccc(N)c(N)c2)co1. The Kier molecular flexibility index (Phi) is 2.48. The molecule has 0 unspecified atom stereocenters. The molecule has 0 aliphatic heterocycles. The molecule has 4 heteroatoms. The van der Waals surface area contributed by atoms with Crippen LogP contribution in [0.4, 0.5) is 17.3 Å². The molecule has 4 nitrogen and oxygen atoms in total. The molecule has 0 bridgehead atoms. The summed E-state index contributed by atoms with van der Waals surface area (Å²) < 4.78 is 5.40. The zero-order valence-electron chi connectivity index (χ0n) is 9.40. The van der Waals surface area contributed by atoms with Gasteiger partial charge in [0.1, 0.15) is 6.26 Å². The Labute approximate surface area is 94.5 Å². The fourth-order valence-electron chi connectivity index (χ4n) is 1.47. The van der Waals surface area contributed by atoms with Gasteiger partial charge in [0, 0.05) is 25.7 Å². The van der Waals surface area contributed by atoms with E-state index >= 15 is 0 Å². The van der Waals surface area contributed by atoms with Gasteiger partial charge in [-0.3, -0.25) is 0 Å². The van der Waals surface area contributed by atoms with Crippen LogP contribution in [0.3, 0.4) is 0 Å². The van der Waals surface area contributed by atoms with E-state index < -0.39 is 0 Å². The second kappa shape index (κ2) is 3.81. The first-order valence-corrected chi connectivity index (χ1v) is 4.99. The molecule has 0 aliphatic rings. The van der Waals surface area contributed by atoms with Crippen molar-refractivity contribution in [1.29, 1.82) is 0 Å². The first-order valence-electron chi connectivity index (χ1n) is 4.99. The Morgan fingerprint density at radius 2 is 1.75 bits per heavy atom. The van der Waals surface area contributed by atoms with Crippen LogP contribution < -0.4 is 16.4 Å². The van der Waals surface area contributed by atoms with Crippen LogP contribution in [0, 0.1) is 0 Å². The van der Waals surface area contributed by atoms with Crippen LogP contribution in [-0.4, -0.2) is 14.1 Å². The van der Waals surface area contributed by atoms with Crippen molar-refractivity contribution in [3.05, 3.63) is 30.5 Å². The quantitative estimate of drug-likeness (QED) is 0.756. The number of nitrogen functional groups attached to an aromatic ring is 2. The summed E-state index contributed by atoms with van der Waals surface area (Å²) in [5.74, 6) is 0.811. The summed E-state index contributed by atoms with van der Waals surface area (Å²) in [6, 6.07) is 7.54. The Morgan fingerprint density at radius 3 is 2.31 bits per heavy atom. The smallest absolute Gasteiger partial charge is 0.195 e. The first kappa shape index (κ1) is 10.4. The van der Waals surface area contributed by atoms with Crippen LogP contribution >= 0.6 is 0 Å². The van der Waals surface area contributed by atoms with Gasteiger partial charge in [0.25, 0.3) is 0 Å². The molecule has 84 valence electrons. The highest BCUT2D eigenvalue weighted by atomic mass is 16.3. The van der Waals surface area contributed by atoms with Gasteiger partial charge in [-0.15, -0.1) is 0 Å². The average Bonchev–Trinajstić information content (AvgIpc) is 2.71. The Morgan fingerprint density at radius 1 is 1.00 bits per heavy atom. The maximum Gasteiger partial charge on any atom is 0.195 e. The van der Waals surface area contributed by atoms with E-state index in [0.717, 1.165) is 17.0 Å². The number of rotatable bonds is 2. The monoisotopic (exact) mass is 217 g/mol. The summed E-state index contributed by atoms with van der Waals surface area (Å²) in [6.07, 6.45) is 1.71. The summed E-state index contributed by atoms with van der Waals surface area (Å²) in [7, 11) is 3.86. The molecule has 16 heavy (non-hydrogen) atoms. The number of furan rings is 1. The molecule has 0 amide bonds. The minimum atomic E-state index is 0.588. The van der Waals surface area contributed by atoms with Gasteiger partial charge >= 0.3 is 0 Å². The average molecular weight is 217 g/mol. The second-order valence-electron chi connectivity index (χ2n) is 3.91. The van der Waals surface area contributed by atoms with E-state index in [2.05, 4.69) is 0 Å². The zero-order chi connectivity index (χ0) is 11.7. The van der Waals surface area contributed by atoms with Crippen molar-refractivity contribution in [3.63, 3.8) is 0 Å². The van der Waals surface area contributed by atoms with E-state index in [4.69, 9.17) is 15.9 Å². The van der Waals surface area contributed by atoms with E-state index in [0.29, 0.717) is 11.4 Å². The van der Waals surface area contributed by atoms with Gasteiger partial charge < -0.3 is 20.8 Å². The number of benzene rings is 1. The third-order valence-corrected chi connectivity index (χ3v) is 2.45. The predicted octanol–water partition coefficient (Wildman–Crippen LogP) is 2.18. The van der Waals surface area contributed by atoms with E-state index in [1.165, 1.54) is 0 Å². The summed E-state index contributed by atoms with van der Waals surface area (Å²) in [4.78, 5) is 1.91. The highest BCUT2D eigenvalue weighted by molar-refractivity contribution is 5.75. The third kappa shape index (κ3) is 1.82. The number of nitrogens with zero attached hydrogens (tertiary/aromatic N) is 1. The standard InChI is InChI=1S/C12H15N3O/c1-15(2)12-6-9(7-16-12)8-3-4-10(13)11(14)5-8/h3-7H,13-14H2,1-2H3. The molecule has 1 aromatic carbocycles. The van der Waals surface area contributed by atoms with Gasteiger partial charge in [-0.2, -0.15) is 0 Å². The summed E-state index contributed by atoms with van der Waals surface area (Å²) in [6.45, 7) is 0. The van der Waals surface area contributed by atoms with Gasteiger partial charge in [-0.25, -0.2) is 0 Å². The van der Waals surface area contributed by atoms with Crippen molar-refractivity contribution < 1.29 is 4.42 Å². The molecule has 0 spiro atoms. The van der Waals surface area contributed by atoms with Crippen LogP contribution in [0.1, 0.15) is 0 Å². The molecule has 0 fully saturated rings.